The molecular formula is C20H29N5O3S2. The first-order valence-corrected chi connectivity index (χ1v) is 11.6. The smallest absolute Gasteiger partial charge is 0.270 e. The number of hydrogen-bond acceptors (Lipinski definition) is 7. The lowest BCUT2D eigenvalue weighted by Crippen LogP contribution is -2.49. The number of nitrogens with one attached hydrogen (secondary N) is 1. The lowest BCUT2D eigenvalue weighted by Gasteiger charge is -2.30. The second-order valence-corrected chi connectivity index (χ2v) is 9.23. The Kier molecular flexibility index (Phi) is 8.79. The van der Waals surface area contributed by atoms with E-state index >= 15 is 0 Å². The van der Waals surface area contributed by atoms with Crippen LogP contribution in [0.3, 0.4) is 0 Å². The molecule has 0 aromatic carbocycles. The molecule has 5 N–H and O–H groups in total. The number of thiophene rings is 1. The first kappa shape index (κ1) is 23.8. The van der Waals surface area contributed by atoms with Gasteiger partial charge in [0.15, 0.2) is 5.69 Å². The summed E-state index contributed by atoms with van der Waals surface area (Å²) < 4.78 is 3.93. The molecule has 1 unspecified atom stereocenters. The number of nitrogen functional groups attached to an aromatic ring is 1. The van der Waals surface area contributed by atoms with Crippen LogP contribution in [0.15, 0.2) is 17.5 Å². The molecule has 3 amide bonds. The molecule has 0 saturated heterocycles. The van der Waals surface area contributed by atoms with Crippen molar-refractivity contribution < 1.29 is 14.4 Å². The van der Waals surface area contributed by atoms with Crippen molar-refractivity contribution in [1.82, 2.24) is 14.6 Å². The van der Waals surface area contributed by atoms with Gasteiger partial charge in [0.1, 0.15) is 10.9 Å². The van der Waals surface area contributed by atoms with Crippen LogP contribution < -0.4 is 16.8 Å². The van der Waals surface area contributed by atoms with Gasteiger partial charge in [-0.2, -0.15) is 4.37 Å². The number of carbonyl (C=O) groups excluding carboxylic acids is 3. The second kappa shape index (κ2) is 11.1. The summed E-state index contributed by atoms with van der Waals surface area (Å²) in [7, 11) is 0. The fraction of sp³-hybridized carbons (Fsp3) is 0.500. The fourth-order valence-electron chi connectivity index (χ4n) is 2.96. The zero-order valence-corrected chi connectivity index (χ0v) is 19.1. The van der Waals surface area contributed by atoms with E-state index in [1.54, 1.807) is 0 Å². The van der Waals surface area contributed by atoms with Crippen molar-refractivity contribution >= 4 is 46.3 Å². The number of anilines is 1. The summed E-state index contributed by atoms with van der Waals surface area (Å²) >= 11 is 2.33. The van der Waals surface area contributed by atoms with Crippen molar-refractivity contribution in [2.45, 2.75) is 52.6 Å². The lowest BCUT2D eigenvalue weighted by atomic mass is 10.1. The third-order valence-electron chi connectivity index (χ3n) is 4.58. The van der Waals surface area contributed by atoms with Gasteiger partial charge in [-0.05, 0) is 41.7 Å². The van der Waals surface area contributed by atoms with E-state index in [1.807, 2.05) is 24.4 Å². The molecule has 0 aliphatic heterocycles. The summed E-state index contributed by atoms with van der Waals surface area (Å²) in [5.41, 5.74) is 11.1. The van der Waals surface area contributed by atoms with E-state index in [0.29, 0.717) is 18.9 Å². The molecule has 2 rings (SSSR count). The molecule has 0 fully saturated rings. The van der Waals surface area contributed by atoms with Crippen LogP contribution in [-0.4, -0.2) is 39.6 Å². The molecule has 164 valence electrons. The summed E-state index contributed by atoms with van der Waals surface area (Å²) in [5.74, 6) is -0.948. The SMILES string of the molecule is CCCC(C(=O)NCCC(C)C)N(Cc1cccs1)C(=O)c1snc(C(N)=O)c1N. The van der Waals surface area contributed by atoms with Crippen LogP contribution >= 0.6 is 22.9 Å². The van der Waals surface area contributed by atoms with E-state index in [0.717, 1.165) is 29.3 Å². The summed E-state index contributed by atoms with van der Waals surface area (Å²) in [6.45, 7) is 6.96. The number of amides is 3. The van der Waals surface area contributed by atoms with Gasteiger partial charge in [-0.15, -0.1) is 11.3 Å². The number of nitrogens with two attached hydrogens (primary N) is 2. The highest BCUT2D eigenvalue weighted by atomic mass is 32.1. The van der Waals surface area contributed by atoms with Crippen molar-refractivity contribution in [3.05, 3.63) is 33.0 Å². The zero-order chi connectivity index (χ0) is 22.3. The summed E-state index contributed by atoms with van der Waals surface area (Å²) in [6.07, 6.45) is 2.08. The fourth-order valence-corrected chi connectivity index (χ4v) is 4.42. The number of nitrogens with zero attached hydrogens (tertiary/aromatic N) is 2. The largest absolute Gasteiger partial charge is 0.395 e. The van der Waals surface area contributed by atoms with Crippen LogP contribution in [0.1, 0.15) is 65.1 Å². The van der Waals surface area contributed by atoms with Gasteiger partial charge in [0.2, 0.25) is 5.91 Å². The van der Waals surface area contributed by atoms with E-state index in [9.17, 15) is 14.4 Å². The number of rotatable bonds is 11. The second-order valence-electron chi connectivity index (χ2n) is 7.43. The molecule has 0 aliphatic carbocycles. The maximum atomic E-state index is 13.4. The van der Waals surface area contributed by atoms with Crippen molar-refractivity contribution in [3.8, 4) is 0 Å². The molecule has 0 spiro atoms. The molecule has 0 aliphatic rings. The van der Waals surface area contributed by atoms with Crippen LogP contribution in [0.2, 0.25) is 0 Å². The van der Waals surface area contributed by atoms with Crippen molar-refractivity contribution in [1.29, 1.82) is 0 Å². The normalized spacial score (nSPS) is 12.0. The average Bonchev–Trinajstić information content (AvgIpc) is 3.33. The highest BCUT2D eigenvalue weighted by Crippen LogP contribution is 2.26. The Morgan fingerprint density at radius 1 is 1.27 bits per heavy atom. The minimum atomic E-state index is -0.788. The third-order valence-corrected chi connectivity index (χ3v) is 6.30. The van der Waals surface area contributed by atoms with Gasteiger partial charge in [-0.3, -0.25) is 14.4 Å². The van der Waals surface area contributed by atoms with Gasteiger partial charge in [-0.1, -0.05) is 33.3 Å². The molecule has 30 heavy (non-hydrogen) atoms. The molecule has 0 bridgehead atoms. The van der Waals surface area contributed by atoms with Gasteiger partial charge in [-0.25, -0.2) is 0 Å². The minimum Gasteiger partial charge on any atom is -0.395 e. The molecule has 0 radical (unpaired) electrons. The number of hydrogen-bond donors (Lipinski definition) is 3. The van der Waals surface area contributed by atoms with Crippen LogP contribution in [-0.2, 0) is 11.3 Å². The monoisotopic (exact) mass is 451 g/mol. The van der Waals surface area contributed by atoms with Crippen molar-refractivity contribution in [3.63, 3.8) is 0 Å². The zero-order valence-electron chi connectivity index (χ0n) is 17.5. The number of aromatic nitrogens is 1. The first-order chi connectivity index (χ1) is 14.3. The molecule has 2 heterocycles. The molecule has 0 saturated carbocycles. The van der Waals surface area contributed by atoms with E-state index in [4.69, 9.17) is 11.5 Å². The van der Waals surface area contributed by atoms with Gasteiger partial charge in [0.25, 0.3) is 11.8 Å². The van der Waals surface area contributed by atoms with E-state index < -0.39 is 17.9 Å². The van der Waals surface area contributed by atoms with Crippen molar-refractivity contribution in [2.24, 2.45) is 11.7 Å². The van der Waals surface area contributed by atoms with E-state index in [1.165, 1.54) is 16.2 Å². The predicted molar refractivity (Wildman–Crippen MR) is 120 cm³/mol. The topological polar surface area (TPSA) is 131 Å². The minimum absolute atomic E-state index is 0.0378. The third kappa shape index (κ3) is 6.02. The van der Waals surface area contributed by atoms with Crippen LogP contribution in [0.5, 0.6) is 0 Å². The molecule has 1 atom stereocenters. The van der Waals surface area contributed by atoms with Gasteiger partial charge in [0.05, 0.1) is 12.2 Å². The summed E-state index contributed by atoms with van der Waals surface area (Å²) in [4.78, 5) is 40.5. The Balaban J connectivity index is 2.34. The Morgan fingerprint density at radius 3 is 2.53 bits per heavy atom. The predicted octanol–water partition coefficient (Wildman–Crippen LogP) is 2.86. The standard InChI is InChI=1S/C20H29N5O3S2/c1-4-6-14(19(27)23-9-8-12(2)3)25(11-13-7-5-10-29-13)20(28)17-15(21)16(18(22)26)24-30-17/h5,7,10,12,14H,4,6,8-9,11,21H2,1-3H3,(H2,22,26)(H,23,27). The summed E-state index contributed by atoms with van der Waals surface area (Å²) in [6, 6.07) is 3.15. The molecule has 2 aromatic heterocycles. The number of carbonyl (C=O) groups is 3. The van der Waals surface area contributed by atoms with E-state index in [-0.39, 0.29) is 28.7 Å². The Morgan fingerprint density at radius 2 is 2.00 bits per heavy atom. The van der Waals surface area contributed by atoms with Crippen LogP contribution in [0.4, 0.5) is 5.69 Å². The Bertz CT molecular complexity index is 864. The maximum Gasteiger partial charge on any atom is 0.270 e. The van der Waals surface area contributed by atoms with Crippen LogP contribution in [0.25, 0.3) is 0 Å². The molecule has 10 heteroatoms. The van der Waals surface area contributed by atoms with Gasteiger partial charge in [0, 0.05) is 11.4 Å². The Labute approximate surface area is 184 Å². The maximum absolute atomic E-state index is 13.4. The quantitative estimate of drug-likeness (QED) is 0.483. The van der Waals surface area contributed by atoms with E-state index in [2.05, 4.69) is 23.5 Å². The lowest BCUT2D eigenvalue weighted by molar-refractivity contribution is -0.126. The highest BCUT2D eigenvalue weighted by molar-refractivity contribution is 7.10. The number of primary amides is 1. The highest BCUT2D eigenvalue weighted by Gasteiger charge is 2.33. The molecule has 8 nitrogen and oxygen atoms in total. The first-order valence-electron chi connectivity index (χ1n) is 9.92. The van der Waals surface area contributed by atoms with Crippen LogP contribution in [0, 0.1) is 5.92 Å². The Hall–Kier alpha value is -2.46. The molecular weight excluding hydrogens is 422 g/mol. The molecule has 2 aromatic rings. The van der Waals surface area contributed by atoms with Crippen molar-refractivity contribution in [2.75, 3.05) is 12.3 Å². The van der Waals surface area contributed by atoms with Gasteiger partial charge >= 0.3 is 0 Å². The summed E-state index contributed by atoms with van der Waals surface area (Å²) in [5, 5.41) is 4.87. The average molecular weight is 452 g/mol. The van der Waals surface area contributed by atoms with Gasteiger partial charge < -0.3 is 21.7 Å².